The van der Waals surface area contributed by atoms with Gasteiger partial charge in [-0.1, -0.05) is 0 Å². The Balaban J connectivity index is 2.91. The number of hydrogen-bond acceptors (Lipinski definition) is 0. The van der Waals surface area contributed by atoms with E-state index in [0.29, 0.717) is 0 Å². The third-order valence-electron chi connectivity index (χ3n) is 1.62. The van der Waals surface area contributed by atoms with E-state index < -0.39 is 0 Å². The molecule has 2 heteroatoms. The zero-order valence-corrected chi connectivity index (χ0v) is 7.45. The molecular weight excluding hydrogens is 202 g/mol. The first-order valence-electron chi connectivity index (χ1n) is 3.43. The van der Waals surface area contributed by atoms with E-state index in [4.69, 9.17) is 0 Å². The number of fused-ring (bicyclic) bond motifs is 1. The minimum atomic E-state index is 1.08. The van der Waals surface area contributed by atoms with Crippen molar-refractivity contribution in [3.8, 4) is 0 Å². The van der Waals surface area contributed by atoms with E-state index in [0.717, 1.165) is 4.60 Å². The number of hydrogen-bond donors (Lipinski definition) is 0. The van der Waals surface area contributed by atoms with Gasteiger partial charge in [0.25, 0.3) is 4.60 Å². The Morgan fingerprint density at radius 1 is 1.00 bits per heavy atom. The van der Waals surface area contributed by atoms with Crippen molar-refractivity contribution in [2.45, 2.75) is 0 Å². The molecule has 0 amide bonds. The fourth-order valence-corrected chi connectivity index (χ4v) is 1.57. The molecule has 0 N–H and O–H groups in total. The van der Waals surface area contributed by atoms with Crippen molar-refractivity contribution < 1.29 is 4.40 Å². The molecule has 1 nitrogen and oxygen atoms in total. The molecule has 2 aromatic rings. The first-order chi connectivity index (χ1) is 5.38. The van der Waals surface area contributed by atoms with Crippen molar-refractivity contribution in [2.24, 2.45) is 0 Å². The van der Waals surface area contributed by atoms with E-state index in [1.807, 2.05) is 30.5 Å². The lowest BCUT2D eigenvalue weighted by Gasteiger charge is -1.89. The second-order valence-corrected chi connectivity index (χ2v) is 3.16. The van der Waals surface area contributed by atoms with E-state index in [2.05, 4.69) is 32.5 Å². The molecule has 54 valence electrons. The van der Waals surface area contributed by atoms with Gasteiger partial charge >= 0.3 is 0 Å². The fourth-order valence-electron chi connectivity index (χ4n) is 1.09. The van der Waals surface area contributed by atoms with Gasteiger partial charge in [0, 0.05) is 40.2 Å². The summed E-state index contributed by atoms with van der Waals surface area (Å²) in [5, 5.41) is 0. The highest BCUT2D eigenvalue weighted by Gasteiger charge is 2.02. The van der Waals surface area contributed by atoms with Crippen LogP contribution < -0.4 is 4.40 Å². The summed E-state index contributed by atoms with van der Waals surface area (Å²) in [5.74, 6) is 0. The summed E-state index contributed by atoms with van der Waals surface area (Å²) in [4.78, 5) is 0. The molecule has 11 heavy (non-hydrogen) atoms. The van der Waals surface area contributed by atoms with E-state index >= 15 is 0 Å². The zero-order valence-electron chi connectivity index (χ0n) is 5.87. The summed E-state index contributed by atoms with van der Waals surface area (Å²) >= 11 is 3.46. The van der Waals surface area contributed by atoms with E-state index in [1.54, 1.807) is 0 Å². The molecule has 2 rings (SSSR count). The largest absolute Gasteiger partial charge is 0.253 e. The SMILES string of the molecule is Brc1cccc2cccc[n+]12. The topological polar surface area (TPSA) is 4.10 Å². The maximum Gasteiger partial charge on any atom is 0.253 e. The van der Waals surface area contributed by atoms with Crippen LogP contribution in [0.5, 0.6) is 0 Å². The van der Waals surface area contributed by atoms with Crippen molar-refractivity contribution in [2.75, 3.05) is 0 Å². The van der Waals surface area contributed by atoms with Crippen molar-refractivity contribution in [1.29, 1.82) is 0 Å². The number of rotatable bonds is 0. The molecule has 0 radical (unpaired) electrons. The highest BCUT2D eigenvalue weighted by molar-refractivity contribution is 9.10. The van der Waals surface area contributed by atoms with Gasteiger partial charge < -0.3 is 0 Å². The predicted molar refractivity (Wildman–Crippen MR) is 47.3 cm³/mol. The summed E-state index contributed by atoms with van der Waals surface area (Å²) < 4.78 is 3.16. The molecule has 0 unspecified atom stereocenters. The molecule has 0 aliphatic rings. The Morgan fingerprint density at radius 3 is 2.64 bits per heavy atom. The Hall–Kier alpha value is -0.890. The van der Waals surface area contributed by atoms with Crippen LogP contribution in [-0.4, -0.2) is 0 Å². The molecule has 0 saturated carbocycles. The minimum Gasteiger partial charge on any atom is -0.155 e. The van der Waals surface area contributed by atoms with Crippen LogP contribution in [0.3, 0.4) is 0 Å². The van der Waals surface area contributed by atoms with Gasteiger partial charge in [-0.3, -0.25) is 0 Å². The van der Waals surface area contributed by atoms with Gasteiger partial charge in [0.2, 0.25) is 5.52 Å². The fraction of sp³-hybridized carbons (Fsp3) is 0. The standard InChI is InChI=1S/C9H7BrN/c10-9-6-3-5-8-4-1-2-7-11(8)9/h1-7H/q+1. The molecular formula is C9H7BrN+. The zero-order chi connectivity index (χ0) is 7.68. The van der Waals surface area contributed by atoms with E-state index in [1.165, 1.54) is 5.52 Å². The van der Waals surface area contributed by atoms with Crippen LogP contribution in [0.4, 0.5) is 0 Å². The Morgan fingerprint density at radius 2 is 1.82 bits per heavy atom. The lowest BCUT2D eigenvalue weighted by Crippen LogP contribution is -2.21. The van der Waals surface area contributed by atoms with Crippen LogP contribution in [0.15, 0.2) is 47.2 Å². The molecule has 0 bridgehead atoms. The first kappa shape index (κ1) is 6.80. The Kier molecular flexibility index (Phi) is 1.62. The monoisotopic (exact) mass is 208 g/mol. The number of nitrogens with zero attached hydrogens (tertiary/aromatic N) is 1. The lowest BCUT2D eigenvalue weighted by molar-refractivity contribution is -0.524. The molecule has 0 atom stereocenters. The lowest BCUT2D eigenvalue weighted by atomic mass is 10.3. The second kappa shape index (κ2) is 2.62. The van der Waals surface area contributed by atoms with Gasteiger partial charge in [0.1, 0.15) is 0 Å². The van der Waals surface area contributed by atoms with Crippen LogP contribution in [0, 0.1) is 0 Å². The van der Waals surface area contributed by atoms with Crippen molar-refractivity contribution in [3.63, 3.8) is 0 Å². The van der Waals surface area contributed by atoms with Gasteiger partial charge in [0.05, 0.1) is 0 Å². The highest BCUT2D eigenvalue weighted by Crippen LogP contribution is 2.04. The summed E-state index contributed by atoms with van der Waals surface area (Å²) in [7, 11) is 0. The maximum absolute atomic E-state index is 3.46. The quantitative estimate of drug-likeness (QED) is 0.462. The molecule has 0 aliphatic heterocycles. The van der Waals surface area contributed by atoms with Gasteiger partial charge in [-0.25, -0.2) is 0 Å². The molecule has 2 heterocycles. The van der Waals surface area contributed by atoms with Gasteiger partial charge in [0.15, 0.2) is 6.20 Å². The molecule has 0 aliphatic carbocycles. The second-order valence-electron chi connectivity index (χ2n) is 2.34. The molecule has 0 saturated heterocycles. The molecule has 0 aromatic carbocycles. The summed E-state index contributed by atoms with van der Waals surface area (Å²) in [6.07, 6.45) is 2.03. The van der Waals surface area contributed by atoms with Crippen molar-refractivity contribution in [1.82, 2.24) is 0 Å². The van der Waals surface area contributed by atoms with Crippen molar-refractivity contribution >= 4 is 21.4 Å². The summed E-state index contributed by atoms with van der Waals surface area (Å²) in [6.45, 7) is 0. The van der Waals surface area contributed by atoms with Crippen molar-refractivity contribution in [3.05, 3.63) is 47.2 Å². The molecule has 0 fully saturated rings. The summed E-state index contributed by atoms with van der Waals surface area (Å²) in [5.41, 5.74) is 1.20. The third-order valence-corrected chi connectivity index (χ3v) is 2.27. The minimum absolute atomic E-state index is 1.08. The Labute approximate surface area is 73.4 Å². The Bertz CT molecular complexity index is 379. The van der Waals surface area contributed by atoms with Crippen LogP contribution in [0.25, 0.3) is 5.52 Å². The predicted octanol–water partition coefficient (Wildman–Crippen LogP) is 2.19. The van der Waals surface area contributed by atoms with Crippen LogP contribution in [0.2, 0.25) is 0 Å². The third kappa shape index (κ3) is 1.14. The maximum atomic E-state index is 3.46. The molecule has 2 aromatic heterocycles. The van der Waals surface area contributed by atoms with Crippen LogP contribution >= 0.6 is 15.9 Å². The van der Waals surface area contributed by atoms with Crippen LogP contribution in [0.1, 0.15) is 0 Å². The smallest absolute Gasteiger partial charge is 0.155 e. The van der Waals surface area contributed by atoms with E-state index in [9.17, 15) is 0 Å². The number of aromatic nitrogens is 1. The van der Waals surface area contributed by atoms with Gasteiger partial charge in [-0.05, 0) is 12.1 Å². The van der Waals surface area contributed by atoms with Gasteiger partial charge in [-0.2, -0.15) is 4.40 Å². The van der Waals surface area contributed by atoms with E-state index in [-0.39, 0.29) is 0 Å². The first-order valence-corrected chi connectivity index (χ1v) is 4.22. The summed E-state index contributed by atoms with van der Waals surface area (Å²) in [6, 6.07) is 12.2. The molecule has 0 spiro atoms. The highest BCUT2D eigenvalue weighted by atomic mass is 79.9. The van der Waals surface area contributed by atoms with Gasteiger partial charge in [-0.15, -0.1) is 0 Å². The number of pyridine rings is 2. The normalized spacial score (nSPS) is 10.3. The average molecular weight is 209 g/mol. The average Bonchev–Trinajstić information content (AvgIpc) is 2.06. The number of halogens is 1. The van der Waals surface area contributed by atoms with Crippen LogP contribution in [-0.2, 0) is 0 Å².